The van der Waals surface area contributed by atoms with Gasteiger partial charge in [-0.1, -0.05) is 0 Å². The minimum absolute atomic E-state index is 0.308. The molecule has 66 valence electrons. The Balaban J connectivity index is 3.91. The first kappa shape index (κ1) is 11.1. The minimum atomic E-state index is -0.854. The van der Waals surface area contributed by atoms with Gasteiger partial charge in [-0.3, -0.25) is 9.69 Å². The molecule has 0 heterocycles. The van der Waals surface area contributed by atoms with Crippen molar-refractivity contribution in [1.29, 1.82) is 0 Å². The van der Waals surface area contributed by atoms with E-state index in [1.165, 1.54) is 0 Å². The zero-order valence-corrected chi connectivity index (χ0v) is 7.98. The van der Waals surface area contributed by atoms with Gasteiger partial charge in [-0.2, -0.15) is 12.6 Å². The quantitative estimate of drug-likeness (QED) is 0.500. The Hall–Kier alpha value is 0.0700. The number of alkyl halides is 1. The summed E-state index contributed by atoms with van der Waals surface area (Å²) < 4.78 is 0. The predicted octanol–water partition coefficient (Wildman–Crippen LogP) is 0.540. The van der Waals surface area contributed by atoms with Crippen molar-refractivity contribution in [3.8, 4) is 0 Å². The molecule has 11 heavy (non-hydrogen) atoms. The Morgan fingerprint density at radius 2 is 2.36 bits per heavy atom. The topological polar surface area (TPSA) is 40.5 Å². The molecule has 0 bridgehead atoms. The number of aliphatic carboxylic acids is 1. The Labute approximate surface area is 76.7 Å². The zero-order valence-electron chi connectivity index (χ0n) is 6.33. The van der Waals surface area contributed by atoms with E-state index in [4.69, 9.17) is 16.7 Å². The lowest BCUT2D eigenvalue weighted by molar-refractivity contribution is -0.141. The molecule has 0 aromatic rings. The molecule has 3 nitrogen and oxygen atoms in total. The first-order chi connectivity index (χ1) is 5.13. The molecule has 0 aromatic carbocycles. The molecular formula is C6H12ClNO2S. The third-order valence-corrected chi connectivity index (χ3v) is 1.94. The van der Waals surface area contributed by atoms with Crippen LogP contribution < -0.4 is 0 Å². The Morgan fingerprint density at radius 1 is 1.82 bits per heavy atom. The molecule has 5 heteroatoms. The lowest BCUT2D eigenvalue weighted by atomic mass is 10.3. The van der Waals surface area contributed by atoms with Crippen molar-refractivity contribution in [3.05, 3.63) is 0 Å². The second-order valence-corrected chi connectivity index (χ2v) is 2.95. The lowest BCUT2D eigenvalue weighted by Crippen LogP contribution is -2.40. The van der Waals surface area contributed by atoms with Gasteiger partial charge in [0.05, 0.1) is 0 Å². The summed E-state index contributed by atoms with van der Waals surface area (Å²) in [5, 5.41) is 8.64. The van der Waals surface area contributed by atoms with Gasteiger partial charge >= 0.3 is 5.97 Å². The van der Waals surface area contributed by atoms with E-state index in [0.29, 0.717) is 18.2 Å². The maximum absolute atomic E-state index is 10.5. The largest absolute Gasteiger partial charge is 0.480 e. The fourth-order valence-electron chi connectivity index (χ4n) is 0.695. The molecule has 0 saturated heterocycles. The number of halogens is 1. The van der Waals surface area contributed by atoms with Crippen molar-refractivity contribution < 1.29 is 9.90 Å². The zero-order chi connectivity index (χ0) is 8.85. The predicted molar refractivity (Wildman–Crippen MR) is 48.6 cm³/mol. The molecule has 1 atom stereocenters. The van der Waals surface area contributed by atoms with E-state index < -0.39 is 12.0 Å². The summed E-state index contributed by atoms with van der Waals surface area (Å²) in [6.07, 6.45) is 0. The fraction of sp³-hybridized carbons (Fsp3) is 0.833. The Bertz CT molecular complexity index is 134. The molecule has 0 rings (SSSR count). The molecule has 0 saturated carbocycles. The standard InChI is InChI=1S/C6H12ClNO2S/c1-8(3-2-7)5(4-11)6(9)10/h5,11H,2-4H2,1H3,(H,9,10). The van der Waals surface area contributed by atoms with Gasteiger partial charge in [0.2, 0.25) is 0 Å². The second kappa shape index (κ2) is 5.69. The van der Waals surface area contributed by atoms with Crippen molar-refractivity contribution in [2.45, 2.75) is 6.04 Å². The maximum Gasteiger partial charge on any atom is 0.321 e. The van der Waals surface area contributed by atoms with Crippen LogP contribution in [0.15, 0.2) is 0 Å². The number of carbonyl (C=O) groups is 1. The minimum Gasteiger partial charge on any atom is -0.480 e. The first-order valence-electron chi connectivity index (χ1n) is 3.23. The number of nitrogens with zero attached hydrogens (tertiary/aromatic N) is 1. The molecule has 0 fully saturated rings. The van der Waals surface area contributed by atoms with Gasteiger partial charge in [0.15, 0.2) is 0 Å². The highest BCUT2D eigenvalue weighted by Crippen LogP contribution is 1.99. The molecule has 0 aromatic heterocycles. The van der Waals surface area contributed by atoms with Gasteiger partial charge in [-0.15, -0.1) is 11.6 Å². The van der Waals surface area contributed by atoms with Crippen LogP contribution in [-0.2, 0) is 4.79 Å². The average molecular weight is 198 g/mol. The highest BCUT2D eigenvalue weighted by atomic mass is 35.5. The van der Waals surface area contributed by atoms with Gasteiger partial charge in [-0.25, -0.2) is 0 Å². The van der Waals surface area contributed by atoms with E-state index in [0.717, 1.165) is 0 Å². The summed E-state index contributed by atoms with van der Waals surface area (Å²) in [5.74, 6) is -0.107. The summed E-state index contributed by atoms with van der Waals surface area (Å²) in [4.78, 5) is 12.2. The van der Waals surface area contributed by atoms with Crippen molar-refractivity contribution in [2.75, 3.05) is 25.2 Å². The van der Waals surface area contributed by atoms with Crippen LogP contribution in [0.25, 0.3) is 0 Å². The van der Waals surface area contributed by atoms with Crippen LogP contribution in [0, 0.1) is 0 Å². The molecule has 0 aliphatic carbocycles. The molecule has 0 spiro atoms. The molecule has 0 amide bonds. The Morgan fingerprint density at radius 3 is 2.64 bits per heavy atom. The maximum atomic E-state index is 10.5. The summed E-state index contributed by atoms with van der Waals surface area (Å²) in [7, 11) is 1.72. The van der Waals surface area contributed by atoms with Crippen LogP contribution in [0.3, 0.4) is 0 Å². The summed E-state index contributed by atoms with van der Waals surface area (Å²) in [6.45, 7) is 0.569. The molecular weight excluding hydrogens is 186 g/mol. The van der Waals surface area contributed by atoms with Crippen molar-refractivity contribution in [1.82, 2.24) is 4.90 Å². The number of rotatable bonds is 5. The van der Waals surface area contributed by atoms with E-state index in [9.17, 15) is 4.79 Å². The number of likely N-dealkylation sites (N-methyl/N-ethyl adjacent to an activating group) is 1. The van der Waals surface area contributed by atoms with Crippen molar-refractivity contribution in [3.63, 3.8) is 0 Å². The van der Waals surface area contributed by atoms with E-state index >= 15 is 0 Å². The number of hydrogen-bond acceptors (Lipinski definition) is 3. The SMILES string of the molecule is CN(CCCl)C(CS)C(=O)O. The van der Waals surface area contributed by atoms with Crippen molar-refractivity contribution in [2.24, 2.45) is 0 Å². The molecule has 0 aliphatic heterocycles. The first-order valence-corrected chi connectivity index (χ1v) is 4.40. The fourth-order valence-corrected chi connectivity index (χ4v) is 1.40. The van der Waals surface area contributed by atoms with E-state index in [1.807, 2.05) is 0 Å². The number of carboxylic acid groups (broad SMARTS) is 1. The van der Waals surface area contributed by atoms with Gasteiger partial charge in [0.1, 0.15) is 6.04 Å². The van der Waals surface area contributed by atoms with Gasteiger partial charge in [0.25, 0.3) is 0 Å². The monoisotopic (exact) mass is 197 g/mol. The lowest BCUT2D eigenvalue weighted by Gasteiger charge is -2.21. The average Bonchev–Trinajstić information content (AvgIpc) is 1.88. The van der Waals surface area contributed by atoms with Gasteiger partial charge < -0.3 is 5.11 Å². The molecule has 1 N–H and O–H groups in total. The summed E-state index contributed by atoms with van der Waals surface area (Å²) in [5.41, 5.74) is 0. The highest BCUT2D eigenvalue weighted by molar-refractivity contribution is 7.80. The van der Waals surface area contributed by atoms with Crippen LogP contribution in [0.1, 0.15) is 0 Å². The summed E-state index contributed by atoms with van der Waals surface area (Å²) >= 11 is 9.36. The van der Waals surface area contributed by atoms with E-state index in [1.54, 1.807) is 11.9 Å². The van der Waals surface area contributed by atoms with E-state index in [-0.39, 0.29) is 0 Å². The normalized spacial score (nSPS) is 13.5. The van der Waals surface area contributed by atoms with Gasteiger partial charge in [-0.05, 0) is 7.05 Å². The number of hydrogen-bond donors (Lipinski definition) is 2. The summed E-state index contributed by atoms with van der Waals surface area (Å²) in [6, 6.07) is -0.530. The van der Waals surface area contributed by atoms with Crippen LogP contribution in [0.2, 0.25) is 0 Å². The molecule has 0 radical (unpaired) electrons. The van der Waals surface area contributed by atoms with Crippen LogP contribution in [0.4, 0.5) is 0 Å². The Kier molecular flexibility index (Phi) is 5.72. The third-order valence-electron chi connectivity index (χ3n) is 1.43. The van der Waals surface area contributed by atoms with E-state index in [2.05, 4.69) is 12.6 Å². The van der Waals surface area contributed by atoms with Crippen molar-refractivity contribution >= 4 is 30.2 Å². The van der Waals surface area contributed by atoms with Crippen LogP contribution >= 0.6 is 24.2 Å². The smallest absolute Gasteiger partial charge is 0.321 e. The van der Waals surface area contributed by atoms with Crippen LogP contribution in [-0.4, -0.2) is 47.2 Å². The highest BCUT2D eigenvalue weighted by Gasteiger charge is 2.19. The van der Waals surface area contributed by atoms with Crippen LogP contribution in [0.5, 0.6) is 0 Å². The number of carboxylic acids is 1. The van der Waals surface area contributed by atoms with Gasteiger partial charge in [0, 0.05) is 18.2 Å². The molecule has 1 unspecified atom stereocenters. The second-order valence-electron chi connectivity index (χ2n) is 2.21. The number of thiol groups is 1. The third kappa shape index (κ3) is 3.84. The molecule has 0 aliphatic rings.